The van der Waals surface area contributed by atoms with E-state index in [2.05, 4.69) is 0 Å². The lowest BCUT2D eigenvalue weighted by Crippen LogP contribution is -2.21. The van der Waals surface area contributed by atoms with Crippen molar-refractivity contribution in [3.05, 3.63) is 33.1 Å². The number of hydrogen-bond donors (Lipinski definition) is 1. The van der Waals surface area contributed by atoms with Crippen LogP contribution in [0.2, 0.25) is 0 Å². The third-order valence-electron chi connectivity index (χ3n) is 1.81. The van der Waals surface area contributed by atoms with E-state index in [1.807, 2.05) is 22.6 Å². The van der Waals surface area contributed by atoms with Crippen LogP contribution in [0.1, 0.15) is 18.0 Å². The third kappa shape index (κ3) is 3.94. The van der Waals surface area contributed by atoms with E-state index in [4.69, 9.17) is 5.73 Å². The minimum atomic E-state index is -4.38. The second-order valence-corrected chi connectivity index (χ2v) is 4.34. The van der Waals surface area contributed by atoms with Gasteiger partial charge in [0.15, 0.2) is 0 Å². The SMILES string of the molecule is N[C@H](CC(F)(F)F)c1cc(I)ccc1F. The van der Waals surface area contributed by atoms with E-state index in [0.717, 1.165) is 6.07 Å². The van der Waals surface area contributed by atoms with Gasteiger partial charge in [0.05, 0.1) is 6.42 Å². The Morgan fingerprint density at radius 2 is 1.93 bits per heavy atom. The summed E-state index contributed by atoms with van der Waals surface area (Å²) in [6, 6.07) is 2.57. The Labute approximate surface area is 97.8 Å². The van der Waals surface area contributed by atoms with Gasteiger partial charge in [-0.25, -0.2) is 4.39 Å². The summed E-state index contributed by atoms with van der Waals surface area (Å²) in [7, 11) is 0. The van der Waals surface area contributed by atoms with Crippen LogP contribution in [-0.2, 0) is 0 Å². The van der Waals surface area contributed by atoms with E-state index in [-0.39, 0.29) is 5.56 Å². The molecular weight excluding hydrogens is 325 g/mol. The summed E-state index contributed by atoms with van der Waals surface area (Å²) in [4.78, 5) is 0. The van der Waals surface area contributed by atoms with Crippen molar-refractivity contribution in [2.45, 2.75) is 18.6 Å². The van der Waals surface area contributed by atoms with Crippen LogP contribution in [0.4, 0.5) is 17.6 Å². The van der Waals surface area contributed by atoms with E-state index in [9.17, 15) is 17.6 Å². The number of alkyl halides is 3. The molecule has 6 heteroatoms. The minimum absolute atomic E-state index is 0.0979. The summed E-state index contributed by atoms with van der Waals surface area (Å²) >= 11 is 1.89. The molecule has 1 rings (SSSR count). The van der Waals surface area contributed by atoms with Crippen molar-refractivity contribution in [3.63, 3.8) is 0 Å². The maximum absolute atomic E-state index is 13.1. The molecule has 0 fully saturated rings. The van der Waals surface area contributed by atoms with Gasteiger partial charge in [-0.15, -0.1) is 0 Å². The Morgan fingerprint density at radius 1 is 1.33 bits per heavy atom. The predicted molar refractivity (Wildman–Crippen MR) is 56.7 cm³/mol. The first-order valence-electron chi connectivity index (χ1n) is 4.07. The number of halogens is 5. The lowest BCUT2D eigenvalue weighted by molar-refractivity contribution is -0.138. The zero-order valence-electron chi connectivity index (χ0n) is 7.48. The maximum Gasteiger partial charge on any atom is 0.390 e. The van der Waals surface area contributed by atoms with Gasteiger partial charge >= 0.3 is 6.18 Å². The summed E-state index contributed by atoms with van der Waals surface area (Å²) in [5.74, 6) is -0.702. The molecule has 1 atom stereocenters. The number of hydrogen-bond acceptors (Lipinski definition) is 1. The van der Waals surface area contributed by atoms with Gasteiger partial charge in [0.25, 0.3) is 0 Å². The lowest BCUT2D eigenvalue weighted by Gasteiger charge is -2.15. The van der Waals surface area contributed by atoms with Crippen molar-refractivity contribution in [2.24, 2.45) is 5.73 Å². The Kier molecular flexibility index (Phi) is 3.93. The van der Waals surface area contributed by atoms with Crippen LogP contribution in [0.25, 0.3) is 0 Å². The van der Waals surface area contributed by atoms with Gasteiger partial charge in [0.2, 0.25) is 0 Å². The van der Waals surface area contributed by atoms with Gasteiger partial charge < -0.3 is 5.73 Å². The van der Waals surface area contributed by atoms with Gasteiger partial charge in [0.1, 0.15) is 5.82 Å². The molecule has 0 amide bonds. The molecule has 15 heavy (non-hydrogen) atoms. The van der Waals surface area contributed by atoms with Gasteiger partial charge in [-0.05, 0) is 40.8 Å². The molecule has 0 saturated heterocycles. The van der Waals surface area contributed by atoms with Crippen molar-refractivity contribution < 1.29 is 17.6 Å². The normalized spacial score (nSPS) is 14.0. The Hall–Kier alpha value is -0.370. The molecular formula is C9H8F4IN. The largest absolute Gasteiger partial charge is 0.390 e. The zero-order valence-corrected chi connectivity index (χ0v) is 9.64. The predicted octanol–water partition coefficient (Wildman–Crippen LogP) is 3.38. The van der Waals surface area contributed by atoms with Gasteiger partial charge in [-0.2, -0.15) is 13.2 Å². The highest BCUT2D eigenvalue weighted by molar-refractivity contribution is 14.1. The maximum atomic E-state index is 13.1. The van der Waals surface area contributed by atoms with Crippen LogP contribution >= 0.6 is 22.6 Å². The Bertz CT molecular complexity index is 350. The van der Waals surface area contributed by atoms with E-state index in [1.165, 1.54) is 12.1 Å². The lowest BCUT2D eigenvalue weighted by atomic mass is 10.0. The smallest absolute Gasteiger partial charge is 0.324 e. The first kappa shape index (κ1) is 12.7. The van der Waals surface area contributed by atoms with Crippen molar-refractivity contribution in [1.82, 2.24) is 0 Å². The van der Waals surface area contributed by atoms with Crippen LogP contribution < -0.4 is 5.73 Å². The summed E-state index contributed by atoms with van der Waals surface area (Å²) < 4.78 is 49.9. The number of rotatable bonds is 2. The summed E-state index contributed by atoms with van der Waals surface area (Å²) in [6.45, 7) is 0. The van der Waals surface area contributed by atoms with E-state index >= 15 is 0 Å². The monoisotopic (exact) mass is 333 g/mol. The van der Waals surface area contributed by atoms with Crippen LogP contribution in [0.3, 0.4) is 0 Å². The average Bonchev–Trinajstić information content (AvgIpc) is 2.06. The molecule has 0 spiro atoms. The molecule has 0 radical (unpaired) electrons. The molecule has 0 aliphatic heterocycles. The molecule has 0 heterocycles. The van der Waals surface area contributed by atoms with E-state index in [1.54, 1.807) is 0 Å². The molecule has 1 aromatic carbocycles. The number of nitrogens with two attached hydrogens (primary N) is 1. The van der Waals surface area contributed by atoms with Crippen molar-refractivity contribution in [2.75, 3.05) is 0 Å². The molecule has 0 bridgehead atoms. The van der Waals surface area contributed by atoms with Crippen molar-refractivity contribution in [3.8, 4) is 0 Å². The van der Waals surface area contributed by atoms with Gasteiger partial charge in [0, 0.05) is 15.2 Å². The van der Waals surface area contributed by atoms with Gasteiger partial charge in [-0.3, -0.25) is 0 Å². The molecule has 84 valence electrons. The summed E-state index contributed by atoms with van der Waals surface area (Å²) in [5, 5.41) is 0. The molecule has 2 N–H and O–H groups in total. The minimum Gasteiger partial charge on any atom is -0.324 e. The van der Waals surface area contributed by atoms with Crippen LogP contribution in [0, 0.1) is 9.39 Å². The number of benzene rings is 1. The summed E-state index contributed by atoms with van der Waals surface area (Å²) in [6.07, 6.45) is -5.60. The van der Waals surface area contributed by atoms with E-state index < -0.39 is 24.5 Å². The highest BCUT2D eigenvalue weighted by atomic mass is 127. The van der Waals surface area contributed by atoms with Crippen molar-refractivity contribution in [1.29, 1.82) is 0 Å². The third-order valence-corrected chi connectivity index (χ3v) is 2.48. The second kappa shape index (κ2) is 4.65. The van der Waals surface area contributed by atoms with Crippen molar-refractivity contribution >= 4 is 22.6 Å². The second-order valence-electron chi connectivity index (χ2n) is 3.09. The molecule has 0 aliphatic rings. The first-order chi connectivity index (χ1) is 6.79. The average molecular weight is 333 g/mol. The molecule has 0 aliphatic carbocycles. The fraction of sp³-hybridized carbons (Fsp3) is 0.333. The standard InChI is InChI=1S/C9H8F4IN/c10-7-2-1-5(14)3-6(7)8(15)4-9(11,12)13/h1-3,8H,4,15H2/t8-/m1/s1. The Morgan fingerprint density at radius 3 is 2.47 bits per heavy atom. The van der Waals surface area contributed by atoms with E-state index in [0.29, 0.717) is 3.57 Å². The Balaban J connectivity index is 2.90. The van der Waals surface area contributed by atoms with Crippen LogP contribution in [0.15, 0.2) is 18.2 Å². The van der Waals surface area contributed by atoms with Crippen LogP contribution in [-0.4, -0.2) is 6.18 Å². The molecule has 0 saturated carbocycles. The highest BCUT2D eigenvalue weighted by Crippen LogP contribution is 2.29. The first-order valence-corrected chi connectivity index (χ1v) is 5.15. The molecule has 1 aromatic rings. The van der Waals surface area contributed by atoms with Crippen LogP contribution in [0.5, 0.6) is 0 Å². The fourth-order valence-electron chi connectivity index (χ4n) is 1.16. The molecule has 0 unspecified atom stereocenters. The fourth-order valence-corrected chi connectivity index (χ4v) is 1.67. The zero-order chi connectivity index (χ0) is 11.6. The summed E-state index contributed by atoms with van der Waals surface area (Å²) in [5.41, 5.74) is 5.19. The molecule has 1 nitrogen and oxygen atoms in total. The highest BCUT2D eigenvalue weighted by Gasteiger charge is 2.31. The molecule has 0 aromatic heterocycles. The topological polar surface area (TPSA) is 26.0 Å². The van der Waals surface area contributed by atoms with Gasteiger partial charge in [-0.1, -0.05) is 0 Å². The quantitative estimate of drug-likeness (QED) is 0.652.